The molecule has 114 valence electrons. The van der Waals surface area contributed by atoms with E-state index >= 15 is 0 Å². The zero-order chi connectivity index (χ0) is 15.9. The van der Waals surface area contributed by atoms with Crippen LogP contribution in [0.25, 0.3) is 11.3 Å². The highest BCUT2D eigenvalue weighted by Crippen LogP contribution is 2.21. The minimum absolute atomic E-state index is 0.292. The summed E-state index contributed by atoms with van der Waals surface area (Å²) in [5, 5.41) is 5.53. The van der Waals surface area contributed by atoms with Gasteiger partial charge in [0.05, 0.1) is 11.9 Å². The molecule has 0 atom stereocenters. The lowest BCUT2D eigenvalue weighted by molar-refractivity contribution is 0.254. The summed E-state index contributed by atoms with van der Waals surface area (Å²) in [4.78, 5) is 18.8. The van der Waals surface area contributed by atoms with Gasteiger partial charge in [0, 0.05) is 16.9 Å². The Morgan fingerprint density at radius 2 is 2.23 bits per heavy atom. The van der Waals surface area contributed by atoms with Gasteiger partial charge in [-0.15, -0.1) is 0 Å². The van der Waals surface area contributed by atoms with Crippen LogP contribution >= 0.6 is 0 Å². The number of aromatic amines is 1. The van der Waals surface area contributed by atoms with Crippen molar-refractivity contribution in [2.24, 2.45) is 0 Å². The molecule has 1 heterocycles. The third-order valence-corrected chi connectivity index (χ3v) is 2.88. The van der Waals surface area contributed by atoms with Crippen LogP contribution in [0.1, 0.15) is 13.8 Å². The van der Waals surface area contributed by atoms with Crippen LogP contribution in [-0.4, -0.2) is 16.0 Å². The molecule has 6 heteroatoms. The number of imidazole rings is 1. The van der Waals surface area contributed by atoms with E-state index in [1.54, 1.807) is 6.20 Å². The first-order valence-corrected chi connectivity index (χ1v) is 6.87. The minimum Gasteiger partial charge on any atom is -0.369 e. The van der Waals surface area contributed by atoms with Crippen LogP contribution in [0.3, 0.4) is 0 Å². The molecule has 0 fully saturated rings. The maximum Gasteiger partial charge on any atom is 0.323 e. The molecule has 0 aliphatic heterocycles. The molecule has 0 unspecified atom stereocenters. The quantitative estimate of drug-likeness (QED) is 0.652. The van der Waals surface area contributed by atoms with E-state index in [2.05, 4.69) is 20.6 Å². The van der Waals surface area contributed by atoms with Gasteiger partial charge in [-0.05, 0) is 32.1 Å². The first kappa shape index (κ1) is 15.4. The lowest BCUT2D eigenvalue weighted by atomic mass is 10.1. The third-order valence-electron chi connectivity index (χ3n) is 2.88. The molecule has 2 rings (SSSR count). The summed E-state index contributed by atoms with van der Waals surface area (Å²) in [6.07, 6.45) is 7.23. The number of carbonyl (C=O) groups is 1. The topological polar surface area (TPSA) is 95.8 Å². The van der Waals surface area contributed by atoms with Crippen LogP contribution in [0.2, 0.25) is 0 Å². The maximum absolute atomic E-state index is 11.9. The van der Waals surface area contributed by atoms with Crippen LogP contribution in [0.5, 0.6) is 0 Å². The van der Waals surface area contributed by atoms with Gasteiger partial charge in [0.15, 0.2) is 5.95 Å². The van der Waals surface area contributed by atoms with Crippen molar-refractivity contribution in [3.05, 3.63) is 54.4 Å². The van der Waals surface area contributed by atoms with E-state index < -0.39 is 0 Å². The fourth-order valence-electron chi connectivity index (χ4n) is 1.87. The molecule has 0 aliphatic rings. The van der Waals surface area contributed by atoms with Crippen LogP contribution in [0, 0.1) is 0 Å². The zero-order valence-electron chi connectivity index (χ0n) is 12.6. The smallest absolute Gasteiger partial charge is 0.323 e. The number of nitrogen functional groups attached to an aromatic ring is 1. The molecule has 1 aromatic heterocycles. The van der Waals surface area contributed by atoms with Gasteiger partial charge >= 0.3 is 6.03 Å². The molecule has 0 saturated carbocycles. The number of hydrogen-bond donors (Lipinski definition) is 4. The lowest BCUT2D eigenvalue weighted by Crippen LogP contribution is -2.27. The van der Waals surface area contributed by atoms with E-state index in [9.17, 15) is 4.79 Å². The number of carbonyl (C=O) groups excluding carboxylic acids is 1. The molecule has 0 radical (unpaired) electrons. The standard InChI is InChI=1S/C16H19N5O/c1-3-4-6-11(2)19-16(22)20-13-8-5-7-12(9-13)14-10-18-15(17)21-14/h3-10H,1-2H3,(H3,17,18,21)(H2,19,20,22)/b4-3-,11-6+. The van der Waals surface area contributed by atoms with E-state index in [1.165, 1.54) is 0 Å². The number of nitrogens with one attached hydrogen (secondary N) is 3. The van der Waals surface area contributed by atoms with Crippen molar-refractivity contribution < 1.29 is 4.79 Å². The number of amides is 2. The number of allylic oxidation sites excluding steroid dienone is 4. The highest BCUT2D eigenvalue weighted by molar-refractivity contribution is 5.91. The number of nitrogens with two attached hydrogens (primary N) is 1. The summed E-state index contributed by atoms with van der Waals surface area (Å²) in [6, 6.07) is 7.13. The van der Waals surface area contributed by atoms with Gasteiger partial charge in [0.1, 0.15) is 0 Å². The van der Waals surface area contributed by atoms with E-state index in [1.807, 2.05) is 56.3 Å². The van der Waals surface area contributed by atoms with Gasteiger partial charge in [-0.3, -0.25) is 0 Å². The van der Waals surface area contributed by atoms with Gasteiger partial charge in [-0.25, -0.2) is 9.78 Å². The van der Waals surface area contributed by atoms with Crippen molar-refractivity contribution in [1.29, 1.82) is 0 Å². The highest BCUT2D eigenvalue weighted by atomic mass is 16.2. The molecule has 1 aromatic carbocycles. The maximum atomic E-state index is 11.9. The summed E-state index contributed by atoms with van der Waals surface area (Å²) in [5.41, 5.74) is 8.70. The molecule has 6 nitrogen and oxygen atoms in total. The molecule has 0 bridgehead atoms. The second-order valence-corrected chi connectivity index (χ2v) is 4.72. The van der Waals surface area contributed by atoms with Crippen molar-refractivity contribution in [2.75, 3.05) is 11.1 Å². The SMILES string of the molecule is C/C=C\C=C(/C)NC(=O)Nc1cccc(-c2cnc(N)[nH]2)c1. The normalized spacial score (nSPS) is 11.6. The number of hydrogen-bond acceptors (Lipinski definition) is 3. The van der Waals surface area contributed by atoms with Crippen LogP contribution in [0.4, 0.5) is 16.4 Å². The molecule has 2 amide bonds. The van der Waals surface area contributed by atoms with Gasteiger partial charge in [-0.2, -0.15) is 0 Å². The fourth-order valence-corrected chi connectivity index (χ4v) is 1.87. The Hall–Kier alpha value is -3.02. The Morgan fingerprint density at radius 1 is 1.41 bits per heavy atom. The summed E-state index contributed by atoms with van der Waals surface area (Å²) in [7, 11) is 0. The van der Waals surface area contributed by atoms with Crippen molar-refractivity contribution in [3.63, 3.8) is 0 Å². The molecule has 22 heavy (non-hydrogen) atoms. The number of anilines is 2. The van der Waals surface area contributed by atoms with Gasteiger partial charge in [0.25, 0.3) is 0 Å². The molecule has 0 spiro atoms. The summed E-state index contributed by atoms with van der Waals surface area (Å²) >= 11 is 0. The van der Waals surface area contributed by atoms with Gasteiger partial charge < -0.3 is 21.4 Å². The van der Waals surface area contributed by atoms with Crippen molar-refractivity contribution in [1.82, 2.24) is 15.3 Å². The third kappa shape index (κ3) is 4.24. The summed E-state index contributed by atoms with van der Waals surface area (Å²) in [5.74, 6) is 0.357. The number of urea groups is 1. The molecule has 0 aliphatic carbocycles. The second kappa shape index (κ2) is 7.12. The largest absolute Gasteiger partial charge is 0.369 e. The molecular weight excluding hydrogens is 278 g/mol. The number of benzene rings is 1. The van der Waals surface area contributed by atoms with E-state index in [4.69, 9.17) is 5.73 Å². The molecule has 5 N–H and O–H groups in total. The number of aromatic nitrogens is 2. The van der Waals surface area contributed by atoms with Crippen molar-refractivity contribution in [2.45, 2.75) is 13.8 Å². The Balaban J connectivity index is 2.06. The van der Waals surface area contributed by atoms with E-state index in [-0.39, 0.29) is 6.03 Å². The van der Waals surface area contributed by atoms with Gasteiger partial charge in [0.2, 0.25) is 0 Å². The molecule has 0 saturated heterocycles. The van der Waals surface area contributed by atoms with E-state index in [0.717, 1.165) is 17.0 Å². The number of rotatable bonds is 4. The Morgan fingerprint density at radius 3 is 2.91 bits per heavy atom. The summed E-state index contributed by atoms with van der Waals surface area (Å²) in [6.45, 7) is 3.74. The van der Waals surface area contributed by atoms with Crippen molar-refractivity contribution in [3.8, 4) is 11.3 Å². The molecular formula is C16H19N5O. The monoisotopic (exact) mass is 297 g/mol. The Kier molecular flexibility index (Phi) is 4.98. The predicted octanol–water partition coefficient (Wildman–Crippen LogP) is 3.26. The van der Waals surface area contributed by atoms with Gasteiger partial charge in [-0.1, -0.05) is 24.3 Å². The second-order valence-electron chi connectivity index (χ2n) is 4.72. The lowest BCUT2D eigenvalue weighted by Gasteiger charge is -2.08. The van der Waals surface area contributed by atoms with Crippen LogP contribution < -0.4 is 16.4 Å². The first-order chi connectivity index (χ1) is 10.6. The Bertz CT molecular complexity index is 715. The Labute approximate surface area is 129 Å². The minimum atomic E-state index is -0.292. The average molecular weight is 297 g/mol. The highest BCUT2D eigenvalue weighted by Gasteiger charge is 2.05. The van der Waals surface area contributed by atoms with Crippen LogP contribution in [-0.2, 0) is 0 Å². The van der Waals surface area contributed by atoms with E-state index in [0.29, 0.717) is 11.6 Å². The summed E-state index contributed by atoms with van der Waals surface area (Å²) < 4.78 is 0. The zero-order valence-corrected chi connectivity index (χ0v) is 12.6. The first-order valence-electron chi connectivity index (χ1n) is 6.87. The average Bonchev–Trinajstić information content (AvgIpc) is 2.92. The molecule has 2 aromatic rings. The number of nitrogens with zero attached hydrogens (tertiary/aromatic N) is 1. The number of H-pyrrole nitrogens is 1. The van der Waals surface area contributed by atoms with Crippen LogP contribution in [0.15, 0.2) is 54.4 Å². The fraction of sp³-hybridized carbons (Fsp3) is 0.125. The predicted molar refractivity (Wildman–Crippen MR) is 89.2 cm³/mol. The van der Waals surface area contributed by atoms with Crippen molar-refractivity contribution >= 4 is 17.7 Å².